The predicted molar refractivity (Wildman–Crippen MR) is 124 cm³/mol. The van der Waals surface area contributed by atoms with Crippen LogP contribution in [0.5, 0.6) is 0 Å². The van der Waals surface area contributed by atoms with Gasteiger partial charge < -0.3 is 10.2 Å². The number of benzene rings is 2. The molecule has 31 heavy (non-hydrogen) atoms. The largest absolute Gasteiger partial charge is 0.355 e. The fourth-order valence-corrected chi connectivity index (χ4v) is 4.05. The average molecular weight is 443 g/mol. The first-order chi connectivity index (χ1) is 14.9. The summed E-state index contributed by atoms with van der Waals surface area (Å²) >= 11 is 6.19. The number of aryl methyl sites for hydroxylation is 1. The second kappa shape index (κ2) is 10.6. The zero-order valence-electron chi connectivity index (χ0n) is 18.0. The lowest BCUT2D eigenvalue weighted by atomic mass is 9.96. The Morgan fingerprint density at radius 1 is 1.29 bits per heavy atom. The highest BCUT2D eigenvalue weighted by Crippen LogP contribution is 2.28. The van der Waals surface area contributed by atoms with Crippen LogP contribution < -0.4 is 10.2 Å². The van der Waals surface area contributed by atoms with Crippen molar-refractivity contribution in [1.29, 1.82) is 0 Å². The van der Waals surface area contributed by atoms with Crippen LogP contribution in [0.4, 0.5) is 10.1 Å². The lowest BCUT2D eigenvalue weighted by Crippen LogP contribution is -2.37. The van der Waals surface area contributed by atoms with E-state index in [2.05, 4.69) is 18.3 Å². The van der Waals surface area contributed by atoms with E-state index in [-0.39, 0.29) is 17.5 Å². The van der Waals surface area contributed by atoms with Crippen molar-refractivity contribution in [3.63, 3.8) is 0 Å². The zero-order chi connectivity index (χ0) is 22.4. The van der Waals surface area contributed by atoms with Crippen molar-refractivity contribution in [3.05, 3.63) is 70.5 Å². The second-order valence-electron chi connectivity index (χ2n) is 7.80. The molecule has 0 aliphatic carbocycles. The van der Waals surface area contributed by atoms with E-state index in [0.717, 1.165) is 29.5 Å². The van der Waals surface area contributed by atoms with E-state index < -0.39 is 11.7 Å². The third kappa shape index (κ3) is 5.53. The van der Waals surface area contributed by atoms with Gasteiger partial charge in [-0.3, -0.25) is 9.59 Å². The van der Waals surface area contributed by atoms with E-state index in [1.807, 2.05) is 25.1 Å². The Labute approximate surface area is 188 Å². The molecule has 0 bridgehead atoms. The highest BCUT2D eigenvalue weighted by atomic mass is 35.5. The standard InChI is InChI=1S/C25H28ClFN2O2/c1-3-4-7-18(21-16-19(26)11-10-17(21)2)12-14-28-24(30)20-13-15-29(25(20)31)23-9-6-5-8-22(23)27/h5-11,16,20H,3-4,12-15H2,1-2H3,(H,28,30)/b18-7-. The Kier molecular flexibility index (Phi) is 7.85. The number of nitrogens with zero attached hydrogens (tertiary/aromatic N) is 1. The molecule has 1 heterocycles. The molecule has 1 aliphatic rings. The minimum absolute atomic E-state index is 0.226. The molecule has 2 aromatic rings. The minimum Gasteiger partial charge on any atom is -0.355 e. The number of unbranched alkanes of at least 4 members (excludes halogenated alkanes) is 1. The van der Waals surface area contributed by atoms with Crippen molar-refractivity contribution in [2.45, 2.75) is 39.5 Å². The van der Waals surface area contributed by atoms with Gasteiger partial charge in [-0.25, -0.2) is 4.39 Å². The van der Waals surface area contributed by atoms with Crippen LogP contribution in [0.3, 0.4) is 0 Å². The molecule has 1 unspecified atom stereocenters. The quantitative estimate of drug-likeness (QED) is 0.546. The van der Waals surface area contributed by atoms with E-state index in [1.54, 1.807) is 18.2 Å². The van der Waals surface area contributed by atoms with Crippen LogP contribution in [0.1, 0.15) is 43.7 Å². The van der Waals surface area contributed by atoms with Crippen molar-refractivity contribution >= 4 is 34.7 Å². The number of nitrogens with one attached hydrogen (secondary N) is 1. The topological polar surface area (TPSA) is 49.4 Å². The van der Waals surface area contributed by atoms with Crippen molar-refractivity contribution in [2.24, 2.45) is 5.92 Å². The van der Waals surface area contributed by atoms with Gasteiger partial charge in [-0.1, -0.05) is 49.2 Å². The van der Waals surface area contributed by atoms with Crippen LogP contribution in [-0.4, -0.2) is 24.9 Å². The van der Waals surface area contributed by atoms with Gasteiger partial charge in [0, 0.05) is 18.1 Å². The van der Waals surface area contributed by atoms with Gasteiger partial charge in [-0.05, 0) is 67.2 Å². The number of para-hydroxylation sites is 1. The molecule has 3 rings (SSSR count). The fourth-order valence-electron chi connectivity index (χ4n) is 3.88. The molecular weight excluding hydrogens is 415 g/mol. The maximum atomic E-state index is 14.0. The summed E-state index contributed by atoms with van der Waals surface area (Å²) in [4.78, 5) is 26.8. The van der Waals surface area contributed by atoms with Crippen LogP contribution >= 0.6 is 11.6 Å². The van der Waals surface area contributed by atoms with Crippen LogP contribution in [0.25, 0.3) is 5.57 Å². The van der Waals surface area contributed by atoms with Gasteiger partial charge in [-0.15, -0.1) is 0 Å². The molecule has 1 N–H and O–H groups in total. The Morgan fingerprint density at radius 3 is 2.81 bits per heavy atom. The summed E-state index contributed by atoms with van der Waals surface area (Å²) in [6, 6.07) is 11.9. The number of hydrogen-bond acceptors (Lipinski definition) is 2. The maximum absolute atomic E-state index is 14.0. The third-order valence-corrected chi connectivity index (χ3v) is 5.82. The van der Waals surface area contributed by atoms with Crippen LogP contribution in [0, 0.1) is 18.7 Å². The summed E-state index contributed by atoms with van der Waals surface area (Å²) in [6.07, 6.45) is 5.17. The number of amides is 2. The zero-order valence-corrected chi connectivity index (χ0v) is 18.7. The summed E-state index contributed by atoms with van der Waals surface area (Å²) in [5, 5.41) is 3.58. The molecule has 6 heteroatoms. The molecule has 0 radical (unpaired) electrons. The molecule has 1 saturated heterocycles. The SMILES string of the molecule is CCC/C=C(/CCNC(=O)C1CCN(c2ccccc2F)C1=O)c1cc(Cl)ccc1C. The number of carbonyl (C=O) groups is 2. The summed E-state index contributed by atoms with van der Waals surface area (Å²) in [5.74, 6) is -1.90. The molecule has 1 atom stereocenters. The van der Waals surface area contributed by atoms with Gasteiger partial charge in [-0.2, -0.15) is 0 Å². The Balaban J connectivity index is 1.62. The lowest BCUT2D eigenvalue weighted by molar-refractivity contribution is -0.132. The molecule has 1 fully saturated rings. The number of halogens is 2. The minimum atomic E-state index is -0.782. The maximum Gasteiger partial charge on any atom is 0.239 e. The van der Waals surface area contributed by atoms with E-state index in [0.29, 0.717) is 31.0 Å². The van der Waals surface area contributed by atoms with Gasteiger partial charge in [0.2, 0.25) is 11.8 Å². The third-order valence-electron chi connectivity index (χ3n) is 5.58. The van der Waals surface area contributed by atoms with E-state index >= 15 is 0 Å². The number of hydrogen-bond donors (Lipinski definition) is 1. The molecule has 0 saturated carbocycles. The number of rotatable bonds is 8. The highest BCUT2D eigenvalue weighted by molar-refractivity contribution is 6.30. The van der Waals surface area contributed by atoms with E-state index in [9.17, 15) is 14.0 Å². The van der Waals surface area contributed by atoms with E-state index in [4.69, 9.17) is 11.6 Å². The van der Waals surface area contributed by atoms with Crippen LogP contribution in [0.15, 0.2) is 48.5 Å². The molecule has 2 aromatic carbocycles. The van der Waals surface area contributed by atoms with E-state index in [1.165, 1.54) is 11.0 Å². The van der Waals surface area contributed by atoms with Crippen LogP contribution in [-0.2, 0) is 9.59 Å². The van der Waals surface area contributed by atoms with Gasteiger partial charge in [0.1, 0.15) is 11.7 Å². The molecule has 4 nitrogen and oxygen atoms in total. The Hall–Kier alpha value is -2.66. The highest BCUT2D eigenvalue weighted by Gasteiger charge is 2.38. The molecule has 0 spiro atoms. The van der Waals surface area contributed by atoms with Gasteiger partial charge in [0.15, 0.2) is 0 Å². The van der Waals surface area contributed by atoms with Gasteiger partial charge >= 0.3 is 0 Å². The summed E-state index contributed by atoms with van der Waals surface area (Å²) in [5.41, 5.74) is 3.57. The number of allylic oxidation sites excluding steroid dienone is 1. The molecule has 1 aliphatic heterocycles. The number of carbonyl (C=O) groups excluding carboxylic acids is 2. The Bertz CT molecular complexity index is 989. The summed E-state index contributed by atoms with van der Waals surface area (Å²) in [7, 11) is 0. The van der Waals surface area contributed by atoms with Crippen molar-refractivity contribution < 1.29 is 14.0 Å². The Morgan fingerprint density at radius 2 is 2.06 bits per heavy atom. The first kappa shape index (κ1) is 23.0. The first-order valence-electron chi connectivity index (χ1n) is 10.7. The average Bonchev–Trinajstić information content (AvgIpc) is 3.14. The fraction of sp³-hybridized carbons (Fsp3) is 0.360. The van der Waals surface area contributed by atoms with Crippen molar-refractivity contribution in [1.82, 2.24) is 5.32 Å². The van der Waals surface area contributed by atoms with Crippen molar-refractivity contribution in [2.75, 3.05) is 18.0 Å². The first-order valence-corrected chi connectivity index (χ1v) is 11.1. The monoisotopic (exact) mass is 442 g/mol. The predicted octanol–water partition coefficient (Wildman–Crippen LogP) is 5.53. The summed E-state index contributed by atoms with van der Waals surface area (Å²) in [6.45, 7) is 4.91. The molecule has 164 valence electrons. The molecular formula is C25H28ClFN2O2. The second-order valence-corrected chi connectivity index (χ2v) is 8.24. The number of anilines is 1. The van der Waals surface area contributed by atoms with Crippen LogP contribution in [0.2, 0.25) is 5.02 Å². The molecule has 0 aromatic heterocycles. The normalized spacial score (nSPS) is 16.6. The summed E-state index contributed by atoms with van der Waals surface area (Å²) < 4.78 is 14.0. The van der Waals surface area contributed by atoms with Crippen molar-refractivity contribution in [3.8, 4) is 0 Å². The van der Waals surface area contributed by atoms with Gasteiger partial charge in [0.05, 0.1) is 5.69 Å². The lowest BCUT2D eigenvalue weighted by Gasteiger charge is -2.17. The molecule has 2 amide bonds. The van der Waals surface area contributed by atoms with Gasteiger partial charge in [0.25, 0.3) is 0 Å². The smallest absolute Gasteiger partial charge is 0.239 e.